The first kappa shape index (κ1) is 17.2. The number of halogens is 1. The van der Waals surface area contributed by atoms with Gasteiger partial charge in [0.05, 0.1) is 28.8 Å². The van der Waals surface area contributed by atoms with Gasteiger partial charge in [-0.3, -0.25) is 14.2 Å². The number of hydrogen-bond donors (Lipinski definition) is 0. The molecule has 0 aliphatic carbocycles. The molecule has 0 aliphatic rings. The van der Waals surface area contributed by atoms with E-state index >= 15 is 0 Å². The average molecular weight is 403 g/mol. The molecule has 0 saturated heterocycles. The summed E-state index contributed by atoms with van der Waals surface area (Å²) >= 11 is 3.38. The molecule has 0 fully saturated rings. The van der Waals surface area contributed by atoms with Gasteiger partial charge in [0, 0.05) is 0 Å². The Balaban J connectivity index is 1.68. The van der Waals surface area contributed by atoms with Crippen LogP contribution in [0.25, 0.3) is 10.9 Å². The smallest absolute Gasteiger partial charge is 0.326 e. The summed E-state index contributed by atoms with van der Waals surface area (Å²) in [5.74, 6) is 0.190. The largest absolute Gasteiger partial charge is 0.496 e. The minimum Gasteiger partial charge on any atom is -0.496 e. The van der Waals surface area contributed by atoms with Crippen LogP contribution in [-0.4, -0.2) is 22.6 Å². The minimum absolute atomic E-state index is 0.108. The van der Waals surface area contributed by atoms with E-state index in [4.69, 9.17) is 9.47 Å². The topological polar surface area (TPSA) is 70.4 Å². The van der Waals surface area contributed by atoms with Crippen molar-refractivity contribution in [3.63, 3.8) is 0 Å². The highest BCUT2D eigenvalue weighted by atomic mass is 79.9. The maximum Gasteiger partial charge on any atom is 0.326 e. The number of methoxy groups -OCH3 is 1. The van der Waals surface area contributed by atoms with Crippen LogP contribution in [0.2, 0.25) is 0 Å². The van der Waals surface area contributed by atoms with Crippen LogP contribution in [0.3, 0.4) is 0 Å². The van der Waals surface area contributed by atoms with Crippen molar-refractivity contribution in [3.05, 3.63) is 69.2 Å². The van der Waals surface area contributed by atoms with Gasteiger partial charge in [-0.1, -0.05) is 18.2 Å². The summed E-state index contributed by atoms with van der Waals surface area (Å²) in [5.41, 5.74) is 1.14. The lowest BCUT2D eigenvalue weighted by molar-refractivity contribution is -0.145. The van der Waals surface area contributed by atoms with Crippen molar-refractivity contribution in [3.8, 4) is 5.75 Å². The first-order valence-corrected chi connectivity index (χ1v) is 8.30. The number of benzene rings is 2. The van der Waals surface area contributed by atoms with E-state index in [-0.39, 0.29) is 18.7 Å². The molecule has 0 amide bonds. The summed E-state index contributed by atoms with van der Waals surface area (Å²) in [7, 11) is 1.58. The van der Waals surface area contributed by atoms with E-state index in [2.05, 4.69) is 20.9 Å². The third kappa shape index (κ3) is 3.88. The Hall–Kier alpha value is -2.67. The van der Waals surface area contributed by atoms with Crippen molar-refractivity contribution in [1.29, 1.82) is 0 Å². The van der Waals surface area contributed by atoms with E-state index in [1.54, 1.807) is 43.5 Å². The Kier molecular flexibility index (Phi) is 5.14. The lowest BCUT2D eigenvalue weighted by atomic mass is 10.2. The number of rotatable bonds is 5. The molecule has 0 radical (unpaired) electrons. The van der Waals surface area contributed by atoms with Crippen LogP contribution in [-0.2, 0) is 22.7 Å². The van der Waals surface area contributed by atoms with Gasteiger partial charge in [-0.25, -0.2) is 4.98 Å². The second-order valence-corrected chi connectivity index (χ2v) is 6.18. The molecule has 2 aromatic carbocycles. The summed E-state index contributed by atoms with van der Waals surface area (Å²) in [5, 5.41) is 0.469. The zero-order valence-electron chi connectivity index (χ0n) is 13.4. The quantitative estimate of drug-likeness (QED) is 0.613. The van der Waals surface area contributed by atoms with E-state index < -0.39 is 5.97 Å². The van der Waals surface area contributed by atoms with Crippen LogP contribution in [0.5, 0.6) is 5.75 Å². The normalized spacial score (nSPS) is 10.6. The molecule has 1 heterocycles. The number of nitrogens with zero attached hydrogens (tertiary/aromatic N) is 2. The number of para-hydroxylation sites is 1. The zero-order valence-corrected chi connectivity index (χ0v) is 15.0. The second kappa shape index (κ2) is 7.48. The third-order valence-electron chi connectivity index (χ3n) is 3.65. The highest BCUT2D eigenvalue weighted by molar-refractivity contribution is 9.10. The Labute approximate surface area is 152 Å². The van der Waals surface area contributed by atoms with Gasteiger partial charge in [0.25, 0.3) is 5.56 Å². The number of carbonyl (C=O) groups is 1. The predicted octanol–water partition coefficient (Wildman–Crippen LogP) is 2.91. The zero-order chi connectivity index (χ0) is 17.8. The molecule has 0 saturated carbocycles. The van der Waals surface area contributed by atoms with Crippen molar-refractivity contribution in [2.45, 2.75) is 13.2 Å². The van der Waals surface area contributed by atoms with Crippen LogP contribution in [0, 0.1) is 0 Å². The molecule has 7 heteroatoms. The summed E-state index contributed by atoms with van der Waals surface area (Å²) < 4.78 is 12.4. The number of esters is 1. The molecule has 1 aromatic heterocycles. The molecular formula is C18H15BrN2O4. The van der Waals surface area contributed by atoms with E-state index in [1.807, 2.05) is 6.07 Å². The lowest BCUT2D eigenvalue weighted by Gasteiger charge is -2.09. The van der Waals surface area contributed by atoms with Crippen LogP contribution < -0.4 is 10.3 Å². The molecule has 3 aromatic rings. The lowest BCUT2D eigenvalue weighted by Crippen LogP contribution is -2.25. The predicted molar refractivity (Wildman–Crippen MR) is 96.5 cm³/mol. The summed E-state index contributed by atoms with van der Waals surface area (Å²) in [4.78, 5) is 28.6. The molecular weight excluding hydrogens is 388 g/mol. The van der Waals surface area contributed by atoms with Crippen LogP contribution in [0.15, 0.2) is 58.1 Å². The fourth-order valence-corrected chi connectivity index (χ4v) is 2.96. The Bertz CT molecular complexity index is 984. The molecule has 0 atom stereocenters. The number of carbonyl (C=O) groups excluding carboxylic acids is 1. The standard InChI is InChI=1S/C18H15BrN2O4/c1-24-16-7-6-12(8-14(16)19)10-25-17(22)9-21-11-20-15-5-3-2-4-13(15)18(21)23/h2-8,11H,9-10H2,1H3. The highest BCUT2D eigenvalue weighted by Crippen LogP contribution is 2.25. The SMILES string of the molecule is COc1ccc(COC(=O)Cn2cnc3ccccc3c2=O)cc1Br. The first-order chi connectivity index (χ1) is 12.1. The number of ether oxygens (including phenoxy) is 2. The average Bonchev–Trinajstić information content (AvgIpc) is 2.63. The summed E-state index contributed by atoms with van der Waals surface area (Å²) in [6.45, 7) is -0.0782. The monoisotopic (exact) mass is 402 g/mol. The van der Waals surface area contributed by atoms with Crippen molar-refractivity contribution in [2.24, 2.45) is 0 Å². The van der Waals surface area contributed by atoms with Crippen molar-refractivity contribution in [2.75, 3.05) is 7.11 Å². The maximum atomic E-state index is 12.3. The maximum absolute atomic E-state index is 12.3. The first-order valence-electron chi connectivity index (χ1n) is 7.50. The van der Waals surface area contributed by atoms with Crippen molar-refractivity contribution in [1.82, 2.24) is 9.55 Å². The Morgan fingerprint density at radius 3 is 2.80 bits per heavy atom. The number of hydrogen-bond acceptors (Lipinski definition) is 5. The van der Waals surface area contributed by atoms with Crippen molar-refractivity contribution >= 4 is 32.8 Å². The van der Waals surface area contributed by atoms with Crippen LogP contribution in [0.4, 0.5) is 0 Å². The molecule has 3 rings (SSSR count). The molecule has 0 N–H and O–H groups in total. The van der Waals surface area contributed by atoms with E-state index in [0.717, 1.165) is 10.0 Å². The van der Waals surface area contributed by atoms with Crippen LogP contribution in [0.1, 0.15) is 5.56 Å². The molecule has 25 heavy (non-hydrogen) atoms. The Morgan fingerprint density at radius 1 is 1.24 bits per heavy atom. The van der Waals surface area contributed by atoms with Gasteiger partial charge in [0.15, 0.2) is 0 Å². The third-order valence-corrected chi connectivity index (χ3v) is 4.27. The summed E-state index contributed by atoms with van der Waals surface area (Å²) in [6.07, 6.45) is 1.36. The van der Waals surface area contributed by atoms with Gasteiger partial charge in [0.2, 0.25) is 0 Å². The molecule has 0 unspecified atom stereocenters. The minimum atomic E-state index is -0.508. The van der Waals surface area contributed by atoms with E-state index in [0.29, 0.717) is 16.7 Å². The van der Waals surface area contributed by atoms with Gasteiger partial charge in [-0.05, 0) is 45.8 Å². The fraction of sp³-hybridized carbons (Fsp3) is 0.167. The number of aromatic nitrogens is 2. The van der Waals surface area contributed by atoms with Gasteiger partial charge in [-0.2, -0.15) is 0 Å². The second-order valence-electron chi connectivity index (χ2n) is 5.32. The molecule has 6 nitrogen and oxygen atoms in total. The van der Waals surface area contributed by atoms with Gasteiger partial charge in [-0.15, -0.1) is 0 Å². The van der Waals surface area contributed by atoms with Gasteiger partial charge < -0.3 is 9.47 Å². The van der Waals surface area contributed by atoms with E-state index in [9.17, 15) is 9.59 Å². The molecule has 0 spiro atoms. The van der Waals surface area contributed by atoms with Gasteiger partial charge >= 0.3 is 5.97 Å². The van der Waals surface area contributed by atoms with Crippen LogP contribution >= 0.6 is 15.9 Å². The molecule has 0 aliphatic heterocycles. The Morgan fingerprint density at radius 2 is 2.04 bits per heavy atom. The highest BCUT2D eigenvalue weighted by Gasteiger charge is 2.10. The molecule has 128 valence electrons. The summed E-state index contributed by atoms with van der Waals surface area (Å²) in [6, 6.07) is 12.4. The fourth-order valence-electron chi connectivity index (χ4n) is 2.37. The van der Waals surface area contributed by atoms with Gasteiger partial charge in [0.1, 0.15) is 18.9 Å². The van der Waals surface area contributed by atoms with Crippen molar-refractivity contribution < 1.29 is 14.3 Å². The molecule has 0 bridgehead atoms. The number of fused-ring (bicyclic) bond motifs is 1. The van der Waals surface area contributed by atoms with E-state index in [1.165, 1.54) is 10.9 Å².